The summed E-state index contributed by atoms with van der Waals surface area (Å²) in [5.74, 6) is -4.68. The van der Waals surface area contributed by atoms with Crippen molar-refractivity contribution in [2.75, 3.05) is 13.2 Å². The van der Waals surface area contributed by atoms with Gasteiger partial charge in [0.15, 0.2) is 11.5 Å². The number of carboxylic acids is 3. The number of fused-ring (bicyclic) bond motifs is 1. The van der Waals surface area contributed by atoms with Crippen molar-refractivity contribution in [2.45, 2.75) is 55.6 Å². The van der Waals surface area contributed by atoms with Crippen LogP contribution in [0.15, 0.2) is 35.6 Å². The summed E-state index contributed by atoms with van der Waals surface area (Å²) in [6.07, 6.45) is -5.17. The number of rotatable bonds is 8. The summed E-state index contributed by atoms with van der Waals surface area (Å²) in [5, 5.41) is 83.0. The molecule has 212 valence electrons. The molecular weight excluding hydrogens is 524 g/mol. The zero-order valence-electron chi connectivity index (χ0n) is 20.3. The van der Waals surface area contributed by atoms with Gasteiger partial charge < -0.3 is 60.4 Å². The van der Waals surface area contributed by atoms with Crippen LogP contribution in [-0.4, -0.2) is 110 Å². The van der Waals surface area contributed by atoms with Crippen LogP contribution in [0.25, 0.3) is 0 Å². The summed E-state index contributed by atoms with van der Waals surface area (Å²) >= 11 is 0. The van der Waals surface area contributed by atoms with Crippen molar-refractivity contribution in [3.05, 3.63) is 41.1 Å². The molecule has 0 aliphatic carbocycles. The number of benzene rings is 1. The first kappa shape index (κ1) is 28.3. The molecular formula is C24H28N2O13. The zero-order chi connectivity index (χ0) is 28.6. The Balaban J connectivity index is 1.59. The second kappa shape index (κ2) is 11.2. The van der Waals surface area contributed by atoms with E-state index in [9.17, 15) is 55.2 Å². The van der Waals surface area contributed by atoms with Crippen LogP contribution in [0.4, 0.5) is 5.69 Å². The van der Waals surface area contributed by atoms with E-state index in [0.717, 1.165) is 0 Å². The minimum atomic E-state index is -1.73. The third-order valence-electron chi connectivity index (χ3n) is 6.96. The maximum absolute atomic E-state index is 11.9. The van der Waals surface area contributed by atoms with Gasteiger partial charge in [-0.1, -0.05) is 0 Å². The normalized spacial score (nSPS) is 33.1. The molecule has 8 atom stereocenters. The monoisotopic (exact) mass is 552 g/mol. The Kier molecular flexibility index (Phi) is 8.10. The summed E-state index contributed by atoms with van der Waals surface area (Å²) in [7, 11) is 0. The predicted octanol–water partition coefficient (Wildman–Crippen LogP) is -4.90. The molecule has 39 heavy (non-hydrogen) atoms. The first-order chi connectivity index (χ1) is 18.4. The number of carbonyl (C=O) groups is 3. The van der Waals surface area contributed by atoms with Gasteiger partial charge in [0.05, 0.1) is 6.61 Å². The average molecular weight is 552 g/mol. The van der Waals surface area contributed by atoms with Crippen molar-refractivity contribution in [1.29, 1.82) is 0 Å². The van der Waals surface area contributed by atoms with E-state index in [0.29, 0.717) is 21.7 Å². The highest BCUT2D eigenvalue weighted by Crippen LogP contribution is 2.36. The Hall–Kier alpha value is -3.73. The fourth-order valence-corrected chi connectivity index (χ4v) is 4.89. The van der Waals surface area contributed by atoms with Gasteiger partial charge in [-0.05, 0) is 23.8 Å². The number of nitrogens with one attached hydrogen (secondary N) is 2. The summed E-state index contributed by atoms with van der Waals surface area (Å²) in [6, 6.07) is 0.275. The molecule has 0 saturated carbocycles. The van der Waals surface area contributed by atoms with E-state index in [1.165, 1.54) is 24.3 Å². The standard InChI is InChI=1S/C24H28N2O13/c27-8-17-18(29)19(30)20(31)24(39-17)38-16-6-10-5-14(23(36)37)26(13(10)7-15(16)28)2-1-9-3-11(21(32)33)25-12(4-9)22(34)35/h1,3,6-7,12,14,17-20,24-25,27-31H,2,4-5,8H2,(H,32,33)(H,34,35)(H,36,37)/b9-1-/t12-,14-,17+,18+,19-,20+,24+/m0/s1. The van der Waals surface area contributed by atoms with Crippen molar-refractivity contribution in [3.8, 4) is 11.5 Å². The molecule has 0 bridgehead atoms. The molecule has 4 rings (SSSR count). The highest BCUT2D eigenvalue weighted by atomic mass is 16.7. The largest absolute Gasteiger partial charge is 0.544 e. The number of hydrogen-bond acceptors (Lipinski definition) is 12. The summed E-state index contributed by atoms with van der Waals surface area (Å²) in [4.78, 5) is 35.1. The molecule has 3 aliphatic rings. The molecule has 1 fully saturated rings. The number of phenolic OH excluding ortho intramolecular Hbond substituents is 1. The zero-order valence-corrected chi connectivity index (χ0v) is 20.3. The SMILES string of the molecule is O=C(O)C1=C/C(=C/C[NH+]2c3cc(O)c(O[C@@H]4O[C@H](CO)[C@@H](O)[C@H](O)[C@H]4O)cc3C[C@H]2C(=O)[O-])C[C@@H](C(=O)O)N1. The number of hydrogen-bond donors (Lipinski definition) is 9. The van der Waals surface area contributed by atoms with Gasteiger partial charge >= 0.3 is 11.9 Å². The highest BCUT2D eigenvalue weighted by Gasteiger charge is 2.45. The molecule has 1 aromatic carbocycles. The molecule has 9 N–H and O–H groups in total. The minimum absolute atomic E-state index is 0.0108. The average Bonchev–Trinajstić information content (AvgIpc) is 3.24. The molecule has 0 spiro atoms. The smallest absolute Gasteiger partial charge is 0.351 e. The van der Waals surface area contributed by atoms with Crippen LogP contribution in [0.2, 0.25) is 0 Å². The van der Waals surface area contributed by atoms with Crippen LogP contribution >= 0.6 is 0 Å². The molecule has 15 nitrogen and oxygen atoms in total. The van der Waals surface area contributed by atoms with E-state index in [2.05, 4.69) is 5.32 Å². The number of aliphatic hydroxyl groups is 4. The lowest BCUT2D eigenvalue weighted by Crippen LogP contribution is -3.11. The maximum atomic E-state index is 11.9. The van der Waals surface area contributed by atoms with Crippen LogP contribution in [0, 0.1) is 0 Å². The Morgan fingerprint density at radius 1 is 1.13 bits per heavy atom. The van der Waals surface area contributed by atoms with E-state index in [4.69, 9.17) is 9.47 Å². The Bertz CT molecular complexity index is 1210. The molecule has 0 amide bonds. The number of phenols is 1. The van der Waals surface area contributed by atoms with Crippen molar-refractivity contribution in [2.24, 2.45) is 0 Å². The molecule has 3 aliphatic heterocycles. The van der Waals surface area contributed by atoms with Gasteiger partial charge in [-0.15, -0.1) is 0 Å². The van der Waals surface area contributed by atoms with Crippen LogP contribution in [0.3, 0.4) is 0 Å². The second-order valence-electron chi connectivity index (χ2n) is 9.48. The van der Waals surface area contributed by atoms with Crippen molar-refractivity contribution in [1.82, 2.24) is 5.32 Å². The van der Waals surface area contributed by atoms with Gasteiger partial charge in [0.25, 0.3) is 0 Å². The number of aliphatic hydroxyl groups excluding tert-OH is 4. The lowest BCUT2D eigenvalue weighted by molar-refractivity contribution is -0.840. The number of aliphatic carboxylic acids is 3. The van der Waals surface area contributed by atoms with Crippen molar-refractivity contribution >= 4 is 23.6 Å². The summed E-state index contributed by atoms with van der Waals surface area (Å²) in [5.41, 5.74) is 0.848. The molecule has 15 heteroatoms. The second-order valence-corrected chi connectivity index (χ2v) is 9.48. The fraction of sp³-hybridized carbons (Fsp3) is 0.458. The molecule has 1 aromatic rings. The van der Waals surface area contributed by atoms with Gasteiger partial charge in [0.2, 0.25) is 6.29 Å². The van der Waals surface area contributed by atoms with Gasteiger partial charge in [-0.2, -0.15) is 0 Å². The van der Waals surface area contributed by atoms with Crippen LogP contribution in [0.5, 0.6) is 11.5 Å². The molecule has 3 heterocycles. The first-order valence-corrected chi connectivity index (χ1v) is 11.9. The maximum Gasteiger partial charge on any atom is 0.351 e. The number of carboxylic acid groups (broad SMARTS) is 3. The van der Waals surface area contributed by atoms with Gasteiger partial charge in [-0.25, -0.2) is 9.59 Å². The molecule has 0 radical (unpaired) electrons. The number of aromatic hydroxyl groups is 1. The lowest BCUT2D eigenvalue weighted by atomic mass is 9.99. The van der Waals surface area contributed by atoms with Crippen molar-refractivity contribution < 1.29 is 69.6 Å². The third-order valence-corrected chi connectivity index (χ3v) is 6.96. The number of allylic oxidation sites excluding steroid dienone is 1. The fourth-order valence-electron chi connectivity index (χ4n) is 4.89. The molecule has 1 saturated heterocycles. The summed E-state index contributed by atoms with van der Waals surface area (Å²) in [6.45, 7) is -0.697. The number of ether oxygens (including phenoxy) is 2. The number of quaternary nitrogens is 1. The van der Waals surface area contributed by atoms with Crippen molar-refractivity contribution in [3.63, 3.8) is 0 Å². The quantitative estimate of drug-likeness (QED) is 0.147. The molecule has 0 aromatic heterocycles. The minimum Gasteiger partial charge on any atom is -0.544 e. The Labute approximate surface area is 220 Å². The molecule has 1 unspecified atom stereocenters. The van der Waals surface area contributed by atoms with Crippen LogP contribution in [-0.2, 0) is 25.5 Å². The van der Waals surface area contributed by atoms with E-state index >= 15 is 0 Å². The topological polar surface area (TPSA) is 251 Å². The predicted molar refractivity (Wildman–Crippen MR) is 123 cm³/mol. The van der Waals surface area contributed by atoms with E-state index in [1.54, 1.807) is 0 Å². The van der Waals surface area contributed by atoms with Crippen LogP contribution < -0.4 is 20.1 Å². The number of carbonyl (C=O) groups excluding carboxylic acids is 1. The lowest BCUT2D eigenvalue weighted by Gasteiger charge is -2.39. The first-order valence-electron chi connectivity index (χ1n) is 11.9. The Morgan fingerprint density at radius 3 is 2.46 bits per heavy atom. The Morgan fingerprint density at radius 2 is 1.85 bits per heavy atom. The van der Waals surface area contributed by atoms with E-state index in [-0.39, 0.29) is 30.8 Å². The highest BCUT2D eigenvalue weighted by molar-refractivity contribution is 5.89. The van der Waals surface area contributed by atoms with E-state index in [1.807, 2.05) is 0 Å². The van der Waals surface area contributed by atoms with E-state index < -0.39 is 73.1 Å². The third kappa shape index (κ3) is 5.68. The van der Waals surface area contributed by atoms with Crippen LogP contribution in [0.1, 0.15) is 12.0 Å². The van der Waals surface area contributed by atoms with Gasteiger partial charge in [0.1, 0.15) is 60.4 Å². The van der Waals surface area contributed by atoms with Gasteiger partial charge in [0, 0.05) is 24.5 Å². The van der Waals surface area contributed by atoms with Gasteiger partial charge in [-0.3, -0.25) is 4.90 Å². The summed E-state index contributed by atoms with van der Waals surface area (Å²) < 4.78 is 10.8.